The lowest BCUT2D eigenvalue weighted by Crippen LogP contribution is -2.00. The number of allylic oxidation sites excluding steroid dienone is 2. The average molecular weight is 299 g/mol. The third-order valence-electron chi connectivity index (χ3n) is 2.35. The van der Waals surface area contributed by atoms with Crippen molar-refractivity contribution in [3.05, 3.63) is 11.6 Å². The molecule has 102 valence electrons. The smallest absolute Gasteiger partial charge is 0.281 e. The molecule has 2 nitrogen and oxygen atoms in total. The Morgan fingerprint density at radius 1 is 1.35 bits per heavy atom. The molecule has 0 spiro atoms. The maximum atomic E-state index is 5.94. The molecule has 0 saturated carbocycles. The summed E-state index contributed by atoms with van der Waals surface area (Å²) in [5.74, 6) is -1.87. The average Bonchev–Trinajstić information content (AvgIpc) is 2.16. The van der Waals surface area contributed by atoms with Crippen molar-refractivity contribution < 1.29 is 9.05 Å². The summed E-state index contributed by atoms with van der Waals surface area (Å²) in [4.78, 5) is 0. The summed E-state index contributed by atoms with van der Waals surface area (Å²) in [5.41, 5.74) is 1.38. The van der Waals surface area contributed by atoms with Gasteiger partial charge in [-0.1, -0.05) is 18.6 Å². The molecule has 0 fully saturated rings. The van der Waals surface area contributed by atoms with Gasteiger partial charge in [0, 0.05) is 0 Å². The van der Waals surface area contributed by atoms with Crippen LogP contribution in [0.4, 0.5) is 0 Å². The fraction of sp³-hybridized carbons (Fsp3) is 0.833. The maximum absolute atomic E-state index is 5.94. The molecular weight excluding hydrogens is 275 g/mol. The van der Waals surface area contributed by atoms with Gasteiger partial charge in [0.1, 0.15) is 0 Å². The lowest BCUT2D eigenvalue weighted by Gasteiger charge is -2.16. The van der Waals surface area contributed by atoms with Crippen molar-refractivity contribution in [3.8, 4) is 0 Å². The highest BCUT2D eigenvalue weighted by atomic mass is 35.7. The highest BCUT2D eigenvalue weighted by Gasteiger charge is 2.14. The lowest BCUT2D eigenvalue weighted by atomic mass is 10.0. The first-order valence-electron chi connectivity index (χ1n) is 6.09. The van der Waals surface area contributed by atoms with Crippen LogP contribution in [0.15, 0.2) is 11.6 Å². The Labute approximate surface area is 116 Å². The standard InChI is InChI=1S/C12H24ClO2PS/c1-5-14-16(13,17)15-10-9-12(4)8-6-7-11(2)3/h7,12H,5-6,8-10H2,1-4H3. The van der Waals surface area contributed by atoms with Crippen molar-refractivity contribution in [1.29, 1.82) is 0 Å². The molecule has 0 saturated heterocycles. The number of halogens is 1. The van der Waals surface area contributed by atoms with Crippen LogP contribution in [0.1, 0.15) is 47.0 Å². The highest BCUT2D eigenvalue weighted by molar-refractivity contribution is 8.22. The van der Waals surface area contributed by atoms with Gasteiger partial charge in [-0.05, 0) is 69.0 Å². The van der Waals surface area contributed by atoms with E-state index >= 15 is 0 Å². The quantitative estimate of drug-likeness (QED) is 0.426. The third kappa shape index (κ3) is 11.4. The minimum Gasteiger partial charge on any atom is -0.318 e. The van der Waals surface area contributed by atoms with E-state index in [0.29, 0.717) is 19.1 Å². The Morgan fingerprint density at radius 3 is 2.53 bits per heavy atom. The van der Waals surface area contributed by atoms with E-state index in [9.17, 15) is 0 Å². The first-order chi connectivity index (χ1) is 7.87. The predicted molar refractivity (Wildman–Crippen MR) is 80.2 cm³/mol. The van der Waals surface area contributed by atoms with E-state index < -0.39 is 5.84 Å². The number of rotatable bonds is 9. The number of hydrogen-bond acceptors (Lipinski definition) is 3. The van der Waals surface area contributed by atoms with Crippen LogP contribution in [0, 0.1) is 5.92 Å². The zero-order valence-electron chi connectivity index (χ0n) is 11.2. The molecule has 2 atom stereocenters. The minimum absolute atomic E-state index is 0.511. The van der Waals surface area contributed by atoms with E-state index in [2.05, 4.69) is 26.8 Å². The Balaban J connectivity index is 3.67. The van der Waals surface area contributed by atoms with Crippen molar-refractivity contribution in [2.75, 3.05) is 13.2 Å². The van der Waals surface area contributed by atoms with Crippen LogP contribution < -0.4 is 0 Å². The third-order valence-corrected chi connectivity index (χ3v) is 4.63. The van der Waals surface area contributed by atoms with Crippen LogP contribution in [0.3, 0.4) is 0 Å². The van der Waals surface area contributed by atoms with E-state index in [0.717, 1.165) is 12.8 Å². The molecule has 0 aromatic carbocycles. The molecule has 0 heterocycles. The molecular formula is C12H24ClO2PS. The SMILES string of the molecule is CCOP(=S)(Cl)OCCC(C)CCC=C(C)C. The van der Waals surface area contributed by atoms with Gasteiger partial charge >= 0.3 is 0 Å². The highest BCUT2D eigenvalue weighted by Crippen LogP contribution is 2.53. The van der Waals surface area contributed by atoms with Crippen molar-refractivity contribution in [3.63, 3.8) is 0 Å². The molecule has 0 aliphatic rings. The normalized spacial score (nSPS) is 16.3. The van der Waals surface area contributed by atoms with Crippen molar-refractivity contribution in [1.82, 2.24) is 0 Å². The zero-order chi connectivity index (χ0) is 13.3. The van der Waals surface area contributed by atoms with Gasteiger partial charge in [-0.25, -0.2) is 0 Å². The second-order valence-electron chi connectivity index (χ2n) is 4.43. The summed E-state index contributed by atoms with van der Waals surface area (Å²) in [6, 6.07) is 0. The summed E-state index contributed by atoms with van der Waals surface area (Å²) in [6.07, 6.45) is 5.55. The van der Waals surface area contributed by atoms with Crippen LogP contribution in [0.2, 0.25) is 0 Å². The first-order valence-corrected chi connectivity index (χ1v) is 9.64. The maximum Gasteiger partial charge on any atom is 0.281 e. The molecule has 0 aliphatic carbocycles. The molecule has 0 aliphatic heterocycles. The van der Waals surface area contributed by atoms with Gasteiger partial charge in [-0.15, -0.1) is 0 Å². The van der Waals surface area contributed by atoms with Gasteiger partial charge in [0.15, 0.2) is 0 Å². The van der Waals surface area contributed by atoms with Gasteiger partial charge in [0.2, 0.25) is 0 Å². The molecule has 0 radical (unpaired) electrons. The van der Waals surface area contributed by atoms with Gasteiger partial charge < -0.3 is 9.05 Å². The molecule has 5 heteroatoms. The lowest BCUT2D eigenvalue weighted by molar-refractivity contribution is 0.249. The minimum atomic E-state index is -2.50. The summed E-state index contributed by atoms with van der Waals surface area (Å²) in [6.45, 7) is 9.45. The molecule has 2 unspecified atom stereocenters. The molecule has 0 aromatic rings. The Hall–Kier alpha value is 0.600. The molecule has 0 rings (SSSR count). The molecule has 0 bridgehead atoms. The summed E-state index contributed by atoms with van der Waals surface area (Å²) < 4.78 is 10.6. The number of hydrogen-bond donors (Lipinski definition) is 0. The van der Waals surface area contributed by atoms with Crippen molar-refractivity contribution >= 4 is 28.9 Å². The molecule has 0 amide bonds. The fourth-order valence-electron chi connectivity index (χ4n) is 1.36. The Morgan fingerprint density at radius 2 is 2.00 bits per heavy atom. The first kappa shape index (κ1) is 17.6. The van der Waals surface area contributed by atoms with E-state index in [1.54, 1.807) is 0 Å². The van der Waals surface area contributed by atoms with Crippen molar-refractivity contribution in [2.24, 2.45) is 5.92 Å². The van der Waals surface area contributed by atoms with Gasteiger partial charge in [0.25, 0.3) is 5.84 Å². The Kier molecular flexibility index (Phi) is 9.86. The molecule has 0 aromatic heterocycles. The second kappa shape index (κ2) is 9.52. The van der Waals surface area contributed by atoms with Crippen molar-refractivity contribution in [2.45, 2.75) is 47.0 Å². The predicted octanol–water partition coefficient (Wildman–Crippen LogP) is 5.28. The van der Waals surface area contributed by atoms with E-state index in [1.165, 1.54) is 12.0 Å². The summed E-state index contributed by atoms with van der Waals surface area (Å²) in [7, 11) is 0. The molecule has 0 N–H and O–H groups in total. The van der Waals surface area contributed by atoms with Gasteiger partial charge in [0.05, 0.1) is 13.2 Å². The van der Waals surface area contributed by atoms with E-state index in [4.69, 9.17) is 32.1 Å². The van der Waals surface area contributed by atoms with Crippen LogP contribution in [0.5, 0.6) is 0 Å². The topological polar surface area (TPSA) is 18.5 Å². The molecule has 17 heavy (non-hydrogen) atoms. The monoisotopic (exact) mass is 298 g/mol. The van der Waals surface area contributed by atoms with Gasteiger partial charge in [-0.2, -0.15) is 0 Å². The van der Waals surface area contributed by atoms with E-state index in [1.807, 2.05) is 6.92 Å². The van der Waals surface area contributed by atoms with Gasteiger partial charge in [-0.3, -0.25) is 0 Å². The van der Waals surface area contributed by atoms with E-state index in [-0.39, 0.29) is 0 Å². The van der Waals surface area contributed by atoms with Crippen LogP contribution in [-0.4, -0.2) is 13.2 Å². The summed E-state index contributed by atoms with van der Waals surface area (Å²) >= 11 is 11.0. The summed E-state index contributed by atoms with van der Waals surface area (Å²) in [5, 5.41) is 0. The van der Waals surface area contributed by atoms with Crippen LogP contribution >= 0.6 is 17.1 Å². The van der Waals surface area contributed by atoms with Crippen LogP contribution in [0.25, 0.3) is 0 Å². The zero-order valence-corrected chi connectivity index (χ0v) is 13.7. The largest absolute Gasteiger partial charge is 0.318 e. The van der Waals surface area contributed by atoms with Crippen LogP contribution in [-0.2, 0) is 20.9 Å². The second-order valence-corrected chi connectivity index (χ2v) is 9.19. The Bertz CT molecular complexity index is 278. The fourth-order valence-corrected chi connectivity index (χ4v) is 3.10.